The lowest BCUT2D eigenvalue weighted by Crippen LogP contribution is -2.50. The smallest absolute Gasteiger partial charge is 0.128 e. The highest BCUT2D eigenvalue weighted by molar-refractivity contribution is 5.59. The molecule has 1 aliphatic rings. The van der Waals surface area contributed by atoms with E-state index in [0.717, 1.165) is 74.5 Å². The Labute approximate surface area is 184 Å². The van der Waals surface area contributed by atoms with Crippen molar-refractivity contribution in [3.8, 4) is 11.3 Å². The van der Waals surface area contributed by atoms with Gasteiger partial charge in [-0.15, -0.1) is 0 Å². The van der Waals surface area contributed by atoms with E-state index in [0.29, 0.717) is 6.04 Å². The number of piperazine rings is 1. The summed E-state index contributed by atoms with van der Waals surface area (Å²) >= 11 is 0. The van der Waals surface area contributed by atoms with Gasteiger partial charge < -0.3 is 5.32 Å². The molecule has 4 rings (SSSR count). The fourth-order valence-electron chi connectivity index (χ4n) is 4.30. The SMILES string of the molecule is CCC1CNCCN1Cc1cccc(-c2ccnc(CCCc3cccc(F)c3)n2)c1. The Morgan fingerprint density at radius 3 is 2.81 bits per heavy atom. The number of nitrogens with one attached hydrogen (secondary N) is 1. The van der Waals surface area contributed by atoms with Gasteiger partial charge in [0.1, 0.15) is 11.6 Å². The topological polar surface area (TPSA) is 41.0 Å². The van der Waals surface area contributed by atoms with E-state index in [1.54, 1.807) is 12.1 Å². The largest absolute Gasteiger partial charge is 0.314 e. The van der Waals surface area contributed by atoms with Crippen LogP contribution in [0.15, 0.2) is 60.8 Å². The van der Waals surface area contributed by atoms with Crippen LogP contribution in [0.5, 0.6) is 0 Å². The third-order valence-corrected chi connectivity index (χ3v) is 6.01. The Balaban J connectivity index is 1.40. The molecule has 2 heterocycles. The van der Waals surface area contributed by atoms with Crippen LogP contribution in [0, 0.1) is 5.82 Å². The van der Waals surface area contributed by atoms with E-state index in [4.69, 9.17) is 4.98 Å². The number of hydrogen-bond donors (Lipinski definition) is 1. The molecule has 31 heavy (non-hydrogen) atoms. The van der Waals surface area contributed by atoms with Crippen molar-refractivity contribution >= 4 is 0 Å². The normalized spacial score (nSPS) is 17.0. The summed E-state index contributed by atoms with van der Waals surface area (Å²) in [5.74, 6) is 0.661. The van der Waals surface area contributed by atoms with Gasteiger partial charge in [0, 0.05) is 50.4 Å². The highest BCUT2D eigenvalue weighted by atomic mass is 19.1. The third kappa shape index (κ3) is 5.96. The number of rotatable bonds is 8. The van der Waals surface area contributed by atoms with Gasteiger partial charge in [-0.1, -0.05) is 37.3 Å². The lowest BCUT2D eigenvalue weighted by molar-refractivity contribution is 0.149. The first kappa shape index (κ1) is 21.6. The molecular formula is C26H31FN4. The molecule has 1 saturated heterocycles. The van der Waals surface area contributed by atoms with Gasteiger partial charge in [-0.3, -0.25) is 4.90 Å². The maximum atomic E-state index is 13.3. The molecule has 1 N–H and O–H groups in total. The molecule has 0 saturated carbocycles. The van der Waals surface area contributed by atoms with Crippen LogP contribution in [-0.4, -0.2) is 40.5 Å². The van der Waals surface area contributed by atoms with Crippen molar-refractivity contribution in [1.29, 1.82) is 0 Å². The first-order valence-electron chi connectivity index (χ1n) is 11.3. The van der Waals surface area contributed by atoms with E-state index in [-0.39, 0.29) is 5.82 Å². The average Bonchev–Trinajstić information content (AvgIpc) is 2.80. The molecule has 5 heteroatoms. The van der Waals surface area contributed by atoms with E-state index in [1.807, 2.05) is 18.3 Å². The van der Waals surface area contributed by atoms with E-state index >= 15 is 0 Å². The van der Waals surface area contributed by atoms with Gasteiger partial charge in [-0.25, -0.2) is 14.4 Å². The fraction of sp³-hybridized carbons (Fsp3) is 0.385. The monoisotopic (exact) mass is 418 g/mol. The zero-order chi connectivity index (χ0) is 21.5. The summed E-state index contributed by atoms with van der Waals surface area (Å²) in [7, 11) is 0. The van der Waals surface area contributed by atoms with E-state index in [9.17, 15) is 4.39 Å². The minimum atomic E-state index is -0.179. The number of nitrogens with zero attached hydrogens (tertiary/aromatic N) is 3. The second-order valence-electron chi connectivity index (χ2n) is 8.28. The third-order valence-electron chi connectivity index (χ3n) is 6.01. The Morgan fingerprint density at radius 2 is 1.94 bits per heavy atom. The van der Waals surface area contributed by atoms with Crippen molar-refractivity contribution < 1.29 is 4.39 Å². The molecule has 0 spiro atoms. The summed E-state index contributed by atoms with van der Waals surface area (Å²) in [4.78, 5) is 11.8. The van der Waals surface area contributed by atoms with Gasteiger partial charge in [-0.2, -0.15) is 0 Å². The molecule has 3 aromatic rings. The highest BCUT2D eigenvalue weighted by Gasteiger charge is 2.20. The Kier molecular flexibility index (Phi) is 7.39. The molecule has 162 valence electrons. The number of aromatic nitrogens is 2. The second-order valence-corrected chi connectivity index (χ2v) is 8.28. The standard InChI is InChI=1S/C26H31FN4/c1-2-24-18-28-14-15-31(24)19-21-8-3-9-22(16-21)25-12-13-29-26(30-25)11-5-7-20-6-4-10-23(27)17-20/h3-4,6,8-10,12-13,16-17,24,28H,2,5,7,11,14-15,18-19H2,1H3. The maximum Gasteiger partial charge on any atom is 0.128 e. The van der Waals surface area contributed by atoms with Crippen LogP contribution in [-0.2, 0) is 19.4 Å². The van der Waals surface area contributed by atoms with Crippen molar-refractivity contribution in [2.24, 2.45) is 0 Å². The number of halogens is 1. The summed E-state index contributed by atoms with van der Waals surface area (Å²) in [6.07, 6.45) is 5.51. The molecule has 1 unspecified atom stereocenters. The number of benzene rings is 2. The summed E-state index contributed by atoms with van der Waals surface area (Å²) in [5, 5.41) is 3.50. The maximum absolute atomic E-state index is 13.3. The molecule has 0 aliphatic carbocycles. The molecule has 1 aromatic heterocycles. The van der Waals surface area contributed by atoms with Crippen molar-refractivity contribution in [3.63, 3.8) is 0 Å². The molecule has 1 fully saturated rings. The van der Waals surface area contributed by atoms with Gasteiger partial charge in [0.2, 0.25) is 0 Å². The molecule has 4 nitrogen and oxygen atoms in total. The molecule has 1 atom stereocenters. The first-order valence-corrected chi connectivity index (χ1v) is 11.3. The Morgan fingerprint density at radius 1 is 1.06 bits per heavy atom. The zero-order valence-corrected chi connectivity index (χ0v) is 18.2. The molecule has 2 aromatic carbocycles. The predicted octanol–water partition coefficient (Wildman–Crippen LogP) is 4.64. The van der Waals surface area contributed by atoms with Crippen LogP contribution in [0.3, 0.4) is 0 Å². The predicted molar refractivity (Wildman–Crippen MR) is 123 cm³/mol. The van der Waals surface area contributed by atoms with E-state index in [1.165, 1.54) is 11.6 Å². The number of aryl methyl sites for hydroxylation is 2. The van der Waals surface area contributed by atoms with Crippen LogP contribution in [0.2, 0.25) is 0 Å². The zero-order valence-electron chi connectivity index (χ0n) is 18.2. The summed E-state index contributed by atoms with van der Waals surface area (Å²) in [6.45, 7) is 6.45. The first-order chi connectivity index (χ1) is 15.2. The van der Waals surface area contributed by atoms with Gasteiger partial charge in [-0.05, 0) is 54.7 Å². The van der Waals surface area contributed by atoms with Gasteiger partial charge in [0.05, 0.1) is 5.69 Å². The summed E-state index contributed by atoms with van der Waals surface area (Å²) < 4.78 is 13.3. The van der Waals surface area contributed by atoms with Crippen LogP contribution < -0.4 is 5.32 Å². The van der Waals surface area contributed by atoms with Crippen LogP contribution in [0.25, 0.3) is 11.3 Å². The van der Waals surface area contributed by atoms with Crippen molar-refractivity contribution in [3.05, 3.63) is 83.6 Å². The van der Waals surface area contributed by atoms with E-state index in [2.05, 4.69) is 46.4 Å². The van der Waals surface area contributed by atoms with Crippen molar-refractivity contribution in [2.75, 3.05) is 19.6 Å². The van der Waals surface area contributed by atoms with Crippen molar-refractivity contribution in [1.82, 2.24) is 20.2 Å². The Bertz CT molecular complexity index is 990. The quantitative estimate of drug-likeness (QED) is 0.579. The molecule has 1 aliphatic heterocycles. The average molecular weight is 419 g/mol. The lowest BCUT2D eigenvalue weighted by Gasteiger charge is -2.35. The molecule has 0 bridgehead atoms. The Hall–Kier alpha value is -2.63. The molecule has 0 amide bonds. The summed E-state index contributed by atoms with van der Waals surface area (Å²) in [6, 6.07) is 18.1. The van der Waals surface area contributed by atoms with Crippen molar-refractivity contribution in [2.45, 2.75) is 45.2 Å². The van der Waals surface area contributed by atoms with Crippen LogP contribution >= 0.6 is 0 Å². The summed E-state index contributed by atoms with van der Waals surface area (Å²) in [5.41, 5.74) is 4.44. The second kappa shape index (κ2) is 10.6. The van der Waals surface area contributed by atoms with Gasteiger partial charge in [0.25, 0.3) is 0 Å². The highest BCUT2D eigenvalue weighted by Crippen LogP contribution is 2.21. The molecular weight excluding hydrogens is 387 g/mol. The number of hydrogen-bond acceptors (Lipinski definition) is 4. The minimum absolute atomic E-state index is 0.179. The van der Waals surface area contributed by atoms with Crippen LogP contribution in [0.1, 0.15) is 36.7 Å². The van der Waals surface area contributed by atoms with E-state index < -0.39 is 0 Å². The minimum Gasteiger partial charge on any atom is -0.314 e. The molecule has 0 radical (unpaired) electrons. The van der Waals surface area contributed by atoms with Crippen LogP contribution in [0.4, 0.5) is 4.39 Å². The fourth-order valence-corrected chi connectivity index (χ4v) is 4.30. The van der Waals surface area contributed by atoms with Gasteiger partial charge >= 0.3 is 0 Å². The van der Waals surface area contributed by atoms with Gasteiger partial charge in [0.15, 0.2) is 0 Å². The lowest BCUT2D eigenvalue weighted by atomic mass is 10.0.